The molecule has 1 aromatic heterocycles. The van der Waals surface area contributed by atoms with Gasteiger partial charge in [0.2, 0.25) is 11.2 Å². The van der Waals surface area contributed by atoms with Crippen molar-refractivity contribution in [1.82, 2.24) is 0 Å². The molecule has 4 nitrogen and oxygen atoms in total. The van der Waals surface area contributed by atoms with Gasteiger partial charge in [0.05, 0.1) is 19.1 Å². The maximum atomic E-state index is 12.7. The summed E-state index contributed by atoms with van der Waals surface area (Å²) in [5, 5.41) is 0.524. The normalized spacial score (nSPS) is 10.7. The molecule has 0 saturated carbocycles. The first kappa shape index (κ1) is 15.2. The van der Waals surface area contributed by atoms with Gasteiger partial charge in [0, 0.05) is 5.56 Å². The van der Waals surface area contributed by atoms with Gasteiger partial charge in [-0.05, 0) is 55.8 Å². The van der Waals surface area contributed by atoms with Crippen LogP contribution in [-0.4, -0.2) is 13.7 Å². The Labute approximate surface area is 134 Å². The first-order valence-corrected chi connectivity index (χ1v) is 7.48. The zero-order valence-electron chi connectivity index (χ0n) is 13.4. The summed E-state index contributed by atoms with van der Waals surface area (Å²) in [6.07, 6.45) is 0. The zero-order chi connectivity index (χ0) is 16.4. The highest BCUT2D eigenvalue weighted by molar-refractivity contribution is 5.82. The Balaban J connectivity index is 2.28. The van der Waals surface area contributed by atoms with Gasteiger partial charge in [-0.3, -0.25) is 4.79 Å². The number of fused-ring (bicyclic) bond motifs is 1. The minimum atomic E-state index is -0.154. The van der Waals surface area contributed by atoms with Crippen LogP contribution < -0.4 is 14.9 Å². The Morgan fingerprint density at radius 2 is 1.83 bits per heavy atom. The fourth-order valence-electron chi connectivity index (χ4n) is 2.49. The number of hydrogen-bond donors (Lipinski definition) is 0. The van der Waals surface area contributed by atoms with Crippen molar-refractivity contribution >= 4 is 11.0 Å². The van der Waals surface area contributed by atoms with Crippen LogP contribution in [-0.2, 0) is 0 Å². The van der Waals surface area contributed by atoms with E-state index in [9.17, 15) is 4.79 Å². The van der Waals surface area contributed by atoms with Crippen LogP contribution >= 0.6 is 0 Å². The van der Waals surface area contributed by atoms with E-state index in [0.29, 0.717) is 23.3 Å². The Morgan fingerprint density at radius 3 is 2.48 bits per heavy atom. The second-order valence-corrected chi connectivity index (χ2v) is 5.25. The van der Waals surface area contributed by atoms with Crippen molar-refractivity contribution in [2.45, 2.75) is 13.8 Å². The summed E-state index contributed by atoms with van der Waals surface area (Å²) in [5.41, 5.74) is 2.21. The van der Waals surface area contributed by atoms with Crippen LogP contribution in [0.25, 0.3) is 22.3 Å². The Bertz CT molecular complexity index is 892. The molecular formula is C19H18O4. The van der Waals surface area contributed by atoms with E-state index in [1.807, 2.05) is 50.2 Å². The lowest BCUT2D eigenvalue weighted by atomic mass is 10.1. The molecule has 0 unspecified atom stereocenters. The number of aryl methyl sites for hydroxylation is 1. The zero-order valence-corrected chi connectivity index (χ0v) is 13.4. The lowest BCUT2D eigenvalue weighted by molar-refractivity contribution is 0.330. The van der Waals surface area contributed by atoms with Gasteiger partial charge in [-0.15, -0.1) is 0 Å². The van der Waals surface area contributed by atoms with Gasteiger partial charge in [-0.25, -0.2) is 0 Å². The predicted octanol–water partition coefficient (Wildman–Crippen LogP) is 4.18. The molecule has 1 heterocycles. The molecule has 0 N–H and O–H groups in total. The molecule has 118 valence electrons. The number of rotatable bonds is 4. The Kier molecular flexibility index (Phi) is 4.06. The summed E-state index contributed by atoms with van der Waals surface area (Å²) in [6, 6.07) is 12.9. The Morgan fingerprint density at radius 1 is 1.09 bits per heavy atom. The second kappa shape index (κ2) is 6.16. The highest BCUT2D eigenvalue weighted by Crippen LogP contribution is 2.32. The summed E-state index contributed by atoms with van der Waals surface area (Å²) in [7, 11) is 1.61. The molecule has 0 aliphatic carbocycles. The van der Waals surface area contributed by atoms with Crippen molar-refractivity contribution in [3.8, 4) is 22.8 Å². The molecule has 0 bridgehead atoms. The molecule has 0 fully saturated rings. The van der Waals surface area contributed by atoms with Crippen molar-refractivity contribution in [2.75, 3.05) is 13.7 Å². The van der Waals surface area contributed by atoms with Gasteiger partial charge in [0.1, 0.15) is 11.3 Å². The molecule has 3 rings (SSSR count). The van der Waals surface area contributed by atoms with Gasteiger partial charge < -0.3 is 13.9 Å². The molecule has 0 spiro atoms. The molecule has 4 heteroatoms. The highest BCUT2D eigenvalue weighted by Gasteiger charge is 2.17. The fraction of sp³-hybridized carbons (Fsp3) is 0.211. The van der Waals surface area contributed by atoms with Crippen molar-refractivity contribution in [3.05, 3.63) is 58.3 Å². The van der Waals surface area contributed by atoms with E-state index in [0.717, 1.165) is 16.9 Å². The van der Waals surface area contributed by atoms with Crippen LogP contribution in [0.3, 0.4) is 0 Å². The lowest BCUT2D eigenvalue weighted by Crippen LogP contribution is -2.10. The molecule has 2 aromatic carbocycles. The number of benzene rings is 2. The smallest absolute Gasteiger partial charge is 0.235 e. The van der Waals surface area contributed by atoms with Crippen molar-refractivity contribution in [2.24, 2.45) is 0 Å². The first-order valence-electron chi connectivity index (χ1n) is 7.48. The van der Waals surface area contributed by atoms with E-state index in [4.69, 9.17) is 13.9 Å². The highest BCUT2D eigenvalue weighted by atomic mass is 16.5. The molecule has 3 aromatic rings. The van der Waals surface area contributed by atoms with E-state index in [2.05, 4.69) is 0 Å². The molecular weight excluding hydrogens is 292 g/mol. The fourth-order valence-corrected chi connectivity index (χ4v) is 2.49. The average molecular weight is 310 g/mol. The lowest BCUT2D eigenvalue weighted by Gasteiger charge is -2.11. The van der Waals surface area contributed by atoms with Crippen LogP contribution in [0.1, 0.15) is 12.5 Å². The van der Waals surface area contributed by atoms with E-state index in [1.54, 1.807) is 13.2 Å². The van der Waals surface area contributed by atoms with Gasteiger partial charge in [-0.1, -0.05) is 6.07 Å². The summed E-state index contributed by atoms with van der Waals surface area (Å²) < 4.78 is 16.7. The van der Waals surface area contributed by atoms with E-state index < -0.39 is 0 Å². The minimum Gasteiger partial charge on any atom is -0.497 e. The number of ether oxygens (including phenoxy) is 2. The summed E-state index contributed by atoms with van der Waals surface area (Å²) in [5.74, 6) is 1.43. The standard InChI is InChI=1S/C19H18O4/c1-4-22-19-17(20)15-10-5-12(2)11-16(15)23-18(19)13-6-8-14(21-3)9-7-13/h5-11H,4H2,1-3H3. The molecule has 23 heavy (non-hydrogen) atoms. The van der Waals surface area contributed by atoms with Crippen molar-refractivity contribution < 1.29 is 13.9 Å². The summed E-state index contributed by atoms with van der Waals surface area (Å²) in [6.45, 7) is 4.20. The van der Waals surface area contributed by atoms with Gasteiger partial charge >= 0.3 is 0 Å². The first-order chi connectivity index (χ1) is 11.1. The van der Waals surface area contributed by atoms with Crippen LogP contribution in [0.5, 0.6) is 11.5 Å². The van der Waals surface area contributed by atoms with Gasteiger partial charge in [-0.2, -0.15) is 0 Å². The van der Waals surface area contributed by atoms with Crippen molar-refractivity contribution in [1.29, 1.82) is 0 Å². The third-order valence-electron chi connectivity index (χ3n) is 3.65. The monoisotopic (exact) mass is 310 g/mol. The van der Waals surface area contributed by atoms with E-state index in [-0.39, 0.29) is 11.2 Å². The molecule has 0 aliphatic heterocycles. The third-order valence-corrected chi connectivity index (χ3v) is 3.65. The molecule has 0 amide bonds. The largest absolute Gasteiger partial charge is 0.497 e. The van der Waals surface area contributed by atoms with Crippen molar-refractivity contribution in [3.63, 3.8) is 0 Å². The maximum Gasteiger partial charge on any atom is 0.235 e. The van der Waals surface area contributed by atoms with E-state index >= 15 is 0 Å². The van der Waals surface area contributed by atoms with Gasteiger partial charge in [0.15, 0.2) is 5.76 Å². The molecule has 0 saturated heterocycles. The topological polar surface area (TPSA) is 48.7 Å². The quantitative estimate of drug-likeness (QED) is 0.725. The summed E-state index contributed by atoms with van der Waals surface area (Å²) >= 11 is 0. The van der Waals surface area contributed by atoms with Crippen LogP contribution in [0.2, 0.25) is 0 Å². The maximum absolute atomic E-state index is 12.7. The third kappa shape index (κ3) is 2.80. The number of methoxy groups -OCH3 is 1. The average Bonchev–Trinajstić information content (AvgIpc) is 2.57. The molecule has 0 aliphatic rings. The van der Waals surface area contributed by atoms with Crippen LogP contribution in [0.15, 0.2) is 51.7 Å². The second-order valence-electron chi connectivity index (χ2n) is 5.25. The van der Waals surface area contributed by atoms with Crippen LogP contribution in [0, 0.1) is 6.92 Å². The SMILES string of the molecule is CCOc1c(-c2ccc(OC)cc2)oc2cc(C)ccc2c1=O. The Hall–Kier alpha value is -2.75. The number of hydrogen-bond acceptors (Lipinski definition) is 4. The van der Waals surface area contributed by atoms with E-state index in [1.165, 1.54) is 0 Å². The van der Waals surface area contributed by atoms with Gasteiger partial charge in [0.25, 0.3) is 0 Å². The minimum absolute atomic E-state index is 0.154. The molecule has 0 radical (unpaired) electrons. The summed E-state index contributed by atoms with van der Waals surface area (Å²) in [4.78, 5) is 12.7. The van der Waals surface area contributed by atoms with Crippen LogP contribution in [0.4, 0.5) is 0 Å². The predicted molar refractivity (Wildman–Crippen MR) is 90.4 cm³/mol. The molecule has 0 atom stereocenters.